The summed E-state index contributed by atoms with van der Waals surface area (Å²) in [7, 11) is 0. The molecule has 3 nitrogen and oxygen atoms in total. The Morgan fingerprint density at radius 2 is 2.17 bits per heavy atom. The number of carbonyl (C=O) groups excluding carboxylic acids is 1. The van der Waals surface area contributed by atoms with E-state index in [0.717, 1.165) is 18.4 Å². The molecule has 1 amide bonds. The third-order valence-electron chi connectivity index (χ3n) is 3.03. The lowest BCUT2D eigenvalue weighted by atomic mass is 10.1. The number of hydrogen-bond donors (Lipinski definition) is 2. The number of rotatable bonds is 4. The number of nitrogens with two attached hydrogens (primary N) is 1. The number of nitrogens with one attached hydrogen (secondary N) is 1. The predicted octanol–water partition coefficient (Wildman–Crippen LogP) is 2.02. The van der Waals surface area contributed by atoms with Crippen LogP contribution in [0.5, 0.6) is 0 Å². The van der Waals surface area contributed by atoms with Gasteiger partial charge in [0.05, 0.1) is 0 Å². The lowest BCUT2D eigenvalue weighted by Crippen LogP contribution is -2.38. The molecule has 2 rings (SSSR count). The van der Waals surface area contributed by atoms with Gasteiger partial charge in [0, 0.05) is 18.2 Å². The van der Waals surface area contributed by atoms with E-state index < -0.39 is 0 Å². The number of hydrogen-bond acceptors (Lipinski definition) is 2. The summed E-state index contributed by atoms with van der Waals surface area (Å²) in [6, 6.07) is 4.33. The van der Waals surface area contributed by atoms with E-state index in [9.17, 15) is 9.18 Å². The fraction of sp³-hybridized carbons (Fsp3) is 0.462. The SMILES string of the molecule is Cc1cc(F)cc(C(=O)NCC(N)C2CC2)c1.Cl. The summed E-state index contributed by atoms with van der Waals surface area (Å²) in [6.07, 6.45) is 2.30. The van der Waals surface area contributed by atoms with Gasteiger partial charge in [0.15, 0.2) is 0 Å². The van der Waals surface area contributed by atoms with Crippen LogP contribution in [0.1, 0.15) is 28.8 Å². The van der Waals surface area contributed by atoms with E-state index in [0.29, 0.717) is 18.0 Å². The van der Waals surface area contributed by atoms with Crippen LogP contribution in [-0.2, 0) is 0 Å². The molecule has 1 atom stereocenters. The first-order chi connectivity index (χ1) is 8.06. The number of carbonyl (C=O) groups is 1. The number of amides is 1. The second kappa shape index (κ2) is 6.16. The standard InChI is InChI=1S/C13H17FN2O.ClH/c1-8-4-10(6-11(14)5-8)13(17)16-7-12(15)9-2-3-9;/h4-6,9,12H,2-3,7,15H2,1H3,(H,16,17);1H. The van der Waals surface area contributed by atoms with Crippen molar-refractivity contribution < 1.29 is 9.18 Å². The van der Waals surface area contributed by atoms with Crippen molar-refractivity contribution in [2.75, 3.05) is 6.54 Å². The zero-order valence-electron chi connectivity index (χ0n) is 10.3. The average molecular weight is 273 g/mol. The third-order valence-corrected chi connectivity index (χ3v) is 3.03. The third kappa shape index (κ3) is 3.96. The molecule has 0 bridgehead atoms. The Balaban J connectivity index is 0.00000162. The Morgan fingerprint density at radius 1 is 1.50 bits per heavy atom. The highest BCUT2D eigenvalue weighted by molar-refractivity contribution is 5.94. The summed E-state index contributed by atoms with van der Waals surface area (Å²) >= 11 is 0. The molecule has 1 fully saturated rings. The van der Waals surface area contributed by atoms with Gasteiger partial charge >= 0.3 is 0 Å². The molecule has 0 aliphatic heterocycles. The first kappa shape index (κ1) is 14.9. The van der Waals surface area contributed by atoms with Crippen molar-refractivity contribution in [1.29, 1.82) is 0 Å². The predicted molar refractivity (Wildman–Crippen MR) is 71.4 cm³/mol. The normalized spacial score (nSPS) is 15.7. The van der Waals surface area contributed by atoms with E-state index in [4.69, 9.17) is 5.73 Å². The average Bonchev–Trinajstić information content (AvgIpc) is 3.07. The van der Waals surface area contributed by atoms with E-state index in [2.05, 4.69) is 5.32 Å². The van der Waals surface area contributed by atoms with Gasteiger partial charge in [-0.15, -0.1) is 12.4 Å². The van der Waals surface area contributed by atoms with Gasteiger partial charge < -0.3 is 11.1 Å². The van der Waals surface area contributed by atoms with Crippen LogP contribution in [-0.4, -0.2) is 18.5 Å². The van der Waals surface area contributed by atoms with Crippen LogP contribution in [0, 0.1) is 18.7 Å². The van der Waals surface area contributed by atoms with Gasteiger partial charge in [-0.25, -0.2) is 4.39 Å². The van der Waals surface area contributed by atoms with E-state index in [1.54, 1.807) is 13.0 Å². The molecule has 1 aromatic carbocycles. The number of aryl methyl sites for hydroxylation is 1. The lowest BCUT2D eigenvalue weighted by Gasteiger charge is -2.11. The van der Waals surface area contributed by atoms with Crippen LogP contribution in [0.2, 0.25) is 0 Å². The van der Waals surface area contributed by atoms with Crippen molar-refractivity contribution in [3.63, 3.8) is 0 Å². The monoisotopic (exact) mass is 272 g/mol. The molecule has 18 heavy (non-hydrogen) atoms. The van der Waals surface area contributed by atoms with Crippen LogP contribution < -0.4 is 11.1 Å². The molecule has 0 heterocycles. The summed E-state index contributed by atoms with van der Waals surface area (Å²) in [5.41, 5.74) is 6.97. The zero-order valence-corrected chi connectivity index (χ0v) is 11.1. The number of benzene rings is 1. The van der Waals surface area contributed by atoms with Crippen molar-refractivity contribution in [1.82, 2.24) is 5.32 Å². The van der Waals surface area contributed by atoms with Gasteiger partial charge in [0.25, 0.3) is 5.91 Å². The Hall–Kier alpha value is -1.13. The molecule has 1 aliphatic carbocycles. The Kier molecular flexibility index (Phi) is 5.11. The maximum absolute atomic E-state index is 13.1. The molecule has 0 spiro atoms. The van der Waals surface area contributed by atoms with E-state index in [1.807, 2.05) is 0 Å². The minimum Gasteiger partial charge on any atom is -0.350 e. The van der Waals surface area contributed by atoms with Crippen molar-refractivity contribution in [2.24, 2.45) is 11.7 Å². The summed E-state index contributed by atoms with van der Waals surface area (Å²) in [6.45, 7) is 2.22. The van der Waals surface area contributed by atoms with Gasteiger partial charge in [-0.1, -0.05) is 0 Å². The largest absolute Gasteiger partial charge is 0.350 e. The summed E-state index contributed by atoms with van der Waals surface area (Å²) in [5.74, 6) is -0.102. The maximum atomic E-state index is 13.1. The van der Waals surface area contributed by atoms with Gasteiger partial charge in [0.1, 0.15) is 5.82 Å². The fourth-order valence-electron chi connectivity index (χ4n) is 1.87. The Morgan fingerprint density at radius 3 is 2.72 bits per heavy atom. The molecule has 0 aromatic heterocycles. The van der Waals surface area contributed by atoms with Gasteiger partial charge in [-0.3, -0.25) is 4.79 Å². The molecule has 5 heteroatoms. The van der Waals surface area contributed by atoms with Crippen LogP contribution in [0.25, 0.3) is 0 Å². The van der Waals surface area contributed by atoms with Crippen molar-refractivity contribution in [3.05, 3.63) is 35.1 Å². The minimum atomic E-state index is -0.387. The minimum absolute atomic E-state index is 0. The first-order valence-electron chi connectivity index (χ1n) is 5.87. The highest BCUT2D eigenvalue weighted by Crippen LogP contribution is 2.31. The molecule has 1 saturated carbocycles. The Labute approximate surface area is 112 Å². The van der Waals surface area contributed by atoms with Gasteiger partial charge in [-0.05, 0) is 49.4 Å². The van der Waals surface area contributed by atoms with Crippen LogP contribution >= 0.6 is 12.4 Å². The summed E-state index contributed by atoms with van der Waals surface area (Å²) in [4.78, 5) is 11.8. The second-order valence-corrected chi connectivity index (χ2v) is 4.73. The Bertz CT molecular complexity index is 415. The summed E-state index contributed by atoms with van der Waals surface area (Å²) in [5, 5.41) is 2.74. The number of halogens is 2. The molecule has 3 N–H and O–H groups in total. The van der Waals surface area contributed by atoms with Gasteiger partial charge in [-0.2, -0.15) is 0 Å². The molecule has 100 valence electrons. The highest BCUT2D eigenvalue weighted by Gasteiger charge is 2.28. The maximum Gasteiger partial charge on any atom is 0.251 e. The van der Waals surface area contributed by atoms with Gasteiger partial charge in [0.2, 0.25) is 0 Å². The molecule has 1 aromatic rings. The fourth-order valence-corrected chi connectivity index (χ4v) is 1.87. The van der Waals surface area contributed by atoms with Crippen molar-refractivity contribution in [2.45, 2.75) is 25.8 Å². The molecule has 1 unspecified atom stereocenters. The lowest BCUT2D eigenvalue weighted by molar-refractivity contribution is 0.0949. The van der Waals surface area contributed by atoms with E-state index in [1.165, 1.54) is 12.1 Å². The summed E-state index contributed by atoms with van der Waals surface area (Å²) < 4.78 is 13.1. The first-order valence-corrected chi connectivity index (χ1v) is 5.87. The van der Waals surface area contributed by atoms with E-state index in [-0.39, 0.29) is 30.2 Å². The molecular formula is C13H18ClFN2O. The van der Waals surface area contributed by atoms with Crippen molar-refractivity contribution >= 4 is 18.3 Å². The van der Waals surface area contributed by atoms with Crippen LogP contribution in [0.15, 0.2) is 18.2 Å². The zero-order chi connectivity index (χ0) is 12.4. The topological polar surface area (TPSA) is 55.1 Å². The molecular weight excluding hydrogens is 255 g/mol. The van der Waals surface area contributed by atoms with Crippen LogP contribution in [0.3, 0.4) is 0 Å². The van der Waals surface area contributed by atoms with Crippen molar-refractivity contribution in [3.8, 4) is 0 Å². The van der Waals surface area contributed by atoms with E-state index >= 15 is 0 Å². The molecule has 0 saturated heterocycles. The van der Waals surface area contributed by atoms with Crippen LogP contribution in [0.4, 0.5) is 4.39 Å². The highest BCUT2D eigenvalue weighted by atomic mass is 35.5. The smallest absolute Gasteiger partial charge is 0.251 e. The molecule has 1 aliphatic rings. The molecule has 0 radical (unpaired) electrons. The second-order valence-electron chi connectivity index (χ2n) is 4.73. The quantitative estimate of drug-likeness (QED) is 0.881.